The zero-order chi connectivity index (χ0) is 6.27. The fourth-order valence-corrected chi connectivity index (χ4v) is 1.82. The van der Waals surface area contributed by atoms with E-state index in [0.717, 1.165) is 6.42 Å². The topological polar surface area (TPSA) is 26.3 Å². The van der Waals surface area contributed by atoms with Crippen molar-refractivity contribution in [1.29, 1.82) is 0 Å². The van der Waals surface area contributed by atoms with Crippen LogP contribution >= 0.6 is 0 Å². The summed E-state index contributed by atoms with van der Waals surface area (Å²) in [6, 6.07) is 0. The van der Waals surface area contributed by atoms with E-state index in [-0.39, 0.29) is 5.97 Å². The van der Waals surface area contributed by atoms with Gasteiger partial charge in [0.15, 0.2) is 0 Å². The summed E-state index contributed by atoms with van der Waals surface area (Å²) in [4.78, 5) is 10.6. The number of hydrogen-bond donors (Lipinski definition) is 0. The fourth-order valence-electron chi connectivity index (χ4n) is 1.82. The molecule has 2 heteroatoms. The first-order chi connectivity index (χ1) is 4.36. The van der Waals surface area contributed by atoms with E-state index < -0.39 is 0 Å². The lowest BCUT2D eigenvalue weighted by Gasteiger charge is -2.03. The predicted octanol–water partition coefficient (Wildman–Crippen LogP) is 1.10. The van der Waals surface area contributed by atoms with Gasteiger partial charge in [0.25, 0.3) is 0 Å². The molecule has 9 heavy (non-hydrogen) atoms. The minimum atomic E-state index is 0.0182. The van der Waals surface area contributed by atoms with Gasteiger partial charge in [0.05, 0.1) is 6.42 Å². The van der Waals surface area contributed by atoms with Gasteiger partial charge >= 0.3 is 5.97 Å². The van der Waals surface area contributed by atoms with Crippen molar-refractivity contribution in [2.24, 2.45) is 5.92 Å². The third kappa shape index (κ3) is 0.732. The van der Waals surface area contributed by atoms with Crippen LogP contribution in [0, 0.1) is 5.92 Å². The van der Waals surface area contributed by atoms with Crippen LogP contribution in [0.15, 0.2) is 0 Å². The third-order valence-corrected chi connectivity index (χ3v) is 2.30. The standard InChI is InChI=1S/C7H10O2/c8-7-4-5-2-1-3-6(5)9-7/h5-6H,1-4H2/t5-,6-/m0/s1. The number of hydrogen-bond acceptors (Lipinski definition) is 2. The van der Waals surface area contributed by atoms with Crippen LogP contribution in [0.5, 0.6) is 0 Å². The highest BCUT2D eigenvalue weighted by Gasteiger charge is 2.37. The van der Waals surface area contributed by atoms with Crippen molar-refractivity contribution in [3.63, 3.8) is 0 Å². The molecule has 50 valence electrons. The molecular weight excluding hydrogens is 116 g/mol. The number of carbonyl (C=O) groups is 1. The first kappa shape index (κ1) is 5.27. The first-order valence-corrected chi connectivity index (χ1v) is 3.56. The van der Waals surface area contributed by atoms with E-state index in [4.69, 9.17) is 4.74 Å². The summed E-state index contributed by atoms with van der Waals surface area (Å²) in [7, 11) is 0. The Bertz CT molecular complexity index is 128. The van der Waals surface area contributed by atoms with Gasteiger partial charge in [-0.05, 0) is 19.3 Å². The Balaban J connectivity index is 2.09. The van der Waals surface area contributed by atoms with Gasteiger partial charge in [-0.2, -0.15) is 0 Å². The van der Waals surface area contributed by atoms with Gasteiger partial charge in [0, 0.05) is 5.92 Å². The van der Waals surface area contributed by atoms with E-state index in [1.165, 1.54) is 12.8 Å². The van der Waals surface area contributed by atoms with E-state index in [1.54, 1.807) is 0 Å². The Kier molecular flexibility index (Phi) is 1.01. The predicted molar refractivity (Wildman–Crippen MR) is 31.8 cm³/mol. The van der Waals surface area contributed by atoms with Crippen molar-refractivity contribution in [2.45, 2.75) is 31.8 Å². The summed E-state index contributed by atoms with van der Waals surface area (Å²) in [6.07, 6.45) is 4.55. The Morgan fingerprint density at radius 1 is 1.44 bits per heavy atom. The molecule has 0 aromatic rings. The maximum Gasteiger partial charge on any atom is 0.306 e. The zero-order valence-corrected chi connectivity index (χ0v) is 5.30. The molecule has 1 saturated heterocycles. The second-order valence-electron chi connectivity index (χ2n) is 2.92. The molecule has 1 aliphatic carbocycles. The third-order valence-electron chi connectivity index (χ3n) is 2.30. The minimum absolute atomic E-state index is 0.0182. The molecule has 1 heterocycles. The minimum Gasteiger partial charge on any atom is -0.462 e. The zero-order valence-electron chi connectivity index (χ0n) is 5.30. The molecule has 2 rings (SSSR count). The molecule has 1 saturated carbocycles. The van der Waals surface area contributed by atoms with Gasteiger partial charge in [-0.25, -0.2) is 0 Å². The molecule has 0 radical (unpaired) electrons. The summed E-state index contributed by atoms with van der Waals surface area (Å²) < 4.78 is 5.05. The first-order valence-electron chi connectivity index (χ1n) is 3.56. The van der Waals surface area contributed by atoms with Gasteiger partial charge in [-0.3, -0.25) is 4.79 Å². The van der Waals surface area contributed by atoms with Crippen molar-refractivity contribution >= 4 is 5.97 Å². The van der Waals surface area contributed by atoms with E-state index in [9.17, 15) is 4.79 Å². The maximum atomic E-state index is 10.6. The molecule has 2 aliphatic rings. The van der Waals surface area contributed by atoms with Crippen LogP contribution in [0.2, 0.25) is 0 Å². The number of rotatable bonds is 0. The van der Waals surface area contributed by atoms with E-state index in [0.29, 0.717) is 18.4 Å². The lowest BCUT2D eigenvalue weighted by molar-refractivity contribution is -0.141. The van der Waals surface area contributed by atoms with Gasteiger partial charge in [0.2, 0.25) is 0 Å². The van der Waals surface area contributed by atoms with Crippen LogP contribution < -0.4 is 0 Å². The van der Waals surface area contributed by atoms with Crippen molar-refractivity contribution < 1.29 is 9.53 Å². The molecule has 2 fully saturated rings. The largest absolute Gasteiger partial charge is 0.462 e. The monoisotopic (exact) mass is 126 g/mol. The number of fused-ring (bicyclic) bond motifs is 1. The molecule has 2 atom stereocenters. The summed E-state index contributed by atoms with van der Waals surface area (Å²) in [5.74, 6) is 0.599. The lowest BCUT2D eigenvalue weighted by atomic mass is 10.1. The number of esters is 1. The molecular formula is C7H10O2. The van der Waals surface area contributed by atoms with Gasteiger partial charge in [0.1, 0.15) is 6.10 Å². The Morgan fingerprint density at radius 2 is 2.33 bits per heavy atom. The fraction of sp³-hybridized carbons (Fsp3) is 0.857. The summed E-state index contributed by atoms with van der Waals surface area (Å²) >= 11 is 0. The Labute approximate surface area is 54.2 Å². The van der Waals surface area contributed by atoms with Gasteiger partial charge < -0.3 is 4.74 Å². The SMILES string of the molecule is O=C1C[C@@H]2CCC[C@@H]2O1. The normalized spacial score (nSPS) is 40.7. The van der Waals surface area contributed by atoms with Crippen LogP contribution in [0.4, 0.5) is 0 Å². The van der Waals surface area contributed by atoms with Crippen LogP contribution in [-0.2, 0) is 9.53 Å². The molecule has 0 amide bonds. The van der Waals surface area contributed by atoms with Crippen molar-refractivity contribution in [1.82, 2.24) is 0 Å². The highest BCUT2D eigenvalue weighted by molar-refractivity contribution is 5.72. The molecule has 0 bridgehead atoms. The second-order valence-corrected chi connectivity index (χ2v) is 2.92. The summed E-state index contributed by atoms with van der Waals surface area (Å²) in [5, 5.41) is 0. The van der Waals surface area contributed by atoms with Crippen molar-refractivity contribution in [3.05, 3.63) is 0 Å². The number of carbonyl (C=O) groups excluding carboxylic acids is 1. The summed E-state index contributed by atoms with van der Waals surface area (Å²) in [6.45, 7) is 0. The Hall–Kier alpha value is -0.530. The highest BCUT2D eigenvalue weighted by Crippen LogP contribution is 2.35. The molecule has 2 nitrogen and oxygen atoms in total. The average Bonchev–Trinajstić information content (AvgIpc) is 2.22. The second kappa shape index (κ2) is 1.72. The average molecular weight is 126 g/mol. The molecule has 0 N–H and O–H groups in total. The van der Waals surface area contributed by atoms with E-state index in [1.807, 2.05) is 0 Å². The van der Waals surface area contributed by atoms with E-state index in [2.05, 4.69) is 0 Å². The van der Waals surface area contributed by atoms with Crippen LogP contribution in [-0.4, -0.2) is 12.1 Å². The summed E-state index contributed by atoms with van der Waals surface area (Å²) in [5.41, 5.74) is 0. The molecule has 0 aromatic heterocycles. The number of ether oxygens (including phenoxy) is 1. The lowest BCUT2D eigenvalue weighted by Crippen LogP contribution is -2.06. The van der Waals surface area contributed by atoms with Gasteiger partial charge in [-0.15, -0.1) is 0 Å². The van der Waals surface area contributed by atoms with Gasteiger partial charge in [-0.1, -0.05) is 0 Å². The van der Waals surface area contributed by atoms with Crippen LogP contribution in [0.1, 0.15) is 25.7 Å². The van der Waals surface area contributed by atoms with Crippen molar-refractivity contribution in [2.75, 3.05) is 0 Å². The van der Waals surface area contributed by atoms with Crippen LogP contribution in [0.3, 0.4) is 0 Å². The Morgan fingerprint density at radius 3 is 3.11 bits per heavy atom. The molecule has 0 aromatic carbocycles. The highest BCUT2D eigenvalue weighted by atomic mass is 16.5. The maximum absolute atomic E-state index is 10.6. The molecule has 0 spiro atoms. The van der Waals surface area contributed by atoms with Crippen molar-refractivity contribution in [3.8, 4) is 0 Å². The van der Waals surface area contributed by atoms with Crippen LogP contribution in [0.25, 0.3) is 0 Å². The quantitative estimate of drug-likeness (QED) is 0.454. The molecule has 1 aliphatic heterocycles. The molecule has 0 unspecified atom stereocenters. The van der Waals surface area contributed by atoms with E-state index >= 15 is 0 Å². The smallest absolute Gasteiger partial charge is 0.306 e.